The van der Waals surface area contributed by atoms with E-state index in [2.05, 4.69) is 17.5 Å². The lowest BCUT2D eigenvalue weighted by molar-refractivity contribution is 0.211. The molecule has 0 radical (unpaired) electrons. The first-order chi connectivity index (χ1) is 10.3. The molecule has 1 N–H and O–H groups in total. The van der Waals surface area contributed by atoms with Gasteiger partial charge in [0.1, 0.15) is 6.07 Å². The Hall–Kier alpha value is -2.82. The summed E-state index contributed by atoms with van der Waals surface area (Å²) in [7, 11) is 1.64. The van der Waals surface area contributed by atoms with Gasteiger partial charge in [-0.25, -0.2) is 0 Å². The summed E-state index contributed by atoms with van der Waals surface area (Å²) in [5.41, 5.74) is 3.81. The van der Waals surface area contributed by atoms with Gasteiger partial charge in [-0.3, -0.25) is 0 Å². The van der Waals surface area contributed by atoms with Crippen LogP contribution in [0.3, 0.4) is 0 Å². The number of hydrogen-bond donors (Lipinski definition) is 1. The number of ether oxygens (including phenoxy) is 1. The van der Waals surface area contributed by atoms with Gasteiger partial charge in [0.2, 0.25) is 0 Å². The molecule has 0 aliphatic carbocycles. The van der Waals surface area contributed by atoms with Crippen LogP contribution in [0.2, 0.25) is 0 Å². The average Bonchev–Trinajstić information content (AvgIpc) is 2.55. The lowest BCUT2D eigenvalue weighted by atomic mass is 10.0. The van der Waals surface area contributed by atoms with Gasteiger partial charge in [0, 0.05) is 13.7 Å². The molecule has 0 fully saturated rings. The van der Waals surface area contributed by atoms with Crippen molar-refractivity contribution >= 4 is 5.69 Å². The molecule has 2 aromatic rings. The van der Waals surface area contributed by atoms with Gasteiger partial charge in [0.15, 0.2) is 0 Å². The van der Waals surface area contributed by atoms with Gasteiger partial charge in [-0.15, -0.1) is 0 Å². The van der Waals surface area contributed by atoms with Crippen LogP contribution in [0, 0.1) is 22.7 Å². The molecule has 0 heterocycles. The molecule has 0 saturated carbocycles. The highest BCUT2D eigenvalue weighted by atomic mass is 16.5. The molecule has 0 amide bonds. The van der Waals surface area contributed by atoms with Crippen LogP contribution in [-0.4, -0.2) is 20.3 Å². The molecule has 0 spiro atoms. The van der Waals surface area contributed by atoms with E-state index < -0.39 is 0 Å². The third-order valence-electron chi connectivity index (χ3n) is 3.09. The molecule has 0 bridgehead atoms. The maximum absolute atomic E-state index is 9.27. The first-order valence-electron chi connectivity index (χ1n) is 6.56. The summed E-state index contributed by atoms with van der Waals surface area (Å²) in [6, 6.07) is 17.3. The first kappa shape index (κ1) is 14.6. The highest BCUT2D eigenvalue weighted by molar-refractivity contribution is 5.71. The van der Waals surface area contributed by atoms with Crippen molar-refractivity contribution in [2.24, 2.45) is 0 Å². The van der Waals surface area contributed by atoms with Crippen molar-refractivity contribution in [3.05, 3.63) is 53.6 Å². The molecule has 4 heteroatoms. The zero-order chi connectivity index (χ0) is 15.1. The minimum Gasteiger partial charge on any atom is -0.383 e. The molecule has 104 valence electrons. The fourth-order valence-corrected chi connectivity index (χ4v) is 2.03. The Morgan fingerprint density at radius 2 is 1.86 bits per heavy atom. The van der Waals surface area contributed by atoms with Gasteiger partial charge in [-0.1, -0.05) is 18.2 Å². The molecule has 0 unspecified atom stereocenters. The number of rotatable bonds is 5. The summed E-state index contributed by atoms with van der Waals surface area (Å²) in [5, 5.41) is 21.4. The Balaban J connectivity index is 2.30. The molecule has 0 aliphatic rings. The maximum Gasteiger partial charge on any atom is 0.101 e. The predicted octanol–water partition coefficient (Wildman–Crippen LogP) is 3.16. The van der Waals surface area contributed by atoms with Crippen molar-refractivity contribution in [2.75, 3.05) is 25.6 Å². The van der Waals surface area contributed by atoms with Crippen LogP contribution in [0.5, 0.6) is 0 Å². The third-order valence-corrected chi connectivity index (χ3v) is 3.09. The van der Waals surface area contributed by atoms with E-state index in [1.165, 1.54) is 0 Å². The number of anilines is 1. The van der Waals surface area contributed by atoms with Crippen molar-refractivity contribution in [3.8, 4) is 23.3 Å². The minimum atomic E-state index is 0.575. The van der Waals surface area contributed by atoms with E-state index in [4.69, 9.17) is 10.00 Å². The zero-order valence-electron chi connectivity index (χ0n) is 11.8. The van der Waals surface area contributed by atoms with Gasteiger partial charge < -0.3 is 10.1 Å². The first-order valence-corrected chi connectivity index (χ1v) is 6.56. The van der Waals surface area contributed by atoms with E-state index in [1.54, 1.807) is 13.2 Å². The Labute approximate surface area is 124 Å². The van der Waals surface area contributed by atoms with E-state index in [1.807, 2.05) is 36.4 Å². The van der Waals surface area contributed by atoms with Crippen LogP contribution in [0.1, 0.15) is 11.1 Å². The van der Waals surface area contributed by atoms with Crippen LogP contribution in [0.15, 0.2) is 42.5 Å². The lowest BCUT2D eigenvalue weighted by Crippen LogP contribution is -2.08. The van der Waals surface area contributed by atoms with Crippen molar-refractivity contribution in [1.29, 1.82) is 10.5 Å². The molecule has 0 aromatic heterocycles. The van der Waals surface area contributed by atoms with E-state index in [9.17, 15) is 5.26 Å². The second-order valence-electron chi connectivity index (χ2n) is 4.48. The smallest absolute Gasteiger partial charge is 0.101 e. The summed E-state index contributed by atoms with van der Waals surface area (Å²) in [6.45, 7) is 1.23. The predicted molar refractivity (Wildman–Crippen MR) is 81.7 cm³/mol. The normalized spacial score (nSPS) is 9.67. The number of benzene rings is 2. The number of nitrogens with one attached hydrogen (secondary N) is 1. The highest BCUT2D eigenvalue weighted by Crippen LogP contribution is 2.25. The van der Waals surface area contributed by atoms with Gasteiger partial charge in [-0.05, 0) is 35.4 Å². The Kier molecular flexibility index (Phi) is 4.93. The molecular weight excluding hydrogens is 262 g/mol. The third kappa shape index (κ3) is 3.60. The van der Waals surface area contributed by atoms with Crippen LogP contribution in [0.25, 0.3) is 11.1 Å². The lowest BCUT2D eigenvalue weighted by Gasteiger charge is -2.10. The zero-order valence-corrected chi connectivity index (χ0v) is 11.8. The number of nitrogens with zero attached hydrogens (tertiary/aromatic N) is 2. The Morgan fingerprint density at radius 3 is 2.57 bits per heavy atom. The summed E-state index contributed by atoms with van der Waals surface area (Å²) in [6.07, 6.45) is 0. The summed E-state index contributed by atoms with van der Waals surface area (Å²) >= 11 is 0. The number of hydrogen-bond acceptors (Lipinski definition) is 4. The summed E-state index contributed by atoms with van der Waals surface area (Å²) in [4.78, 5) is 0. The molecule has 2 rings (SSSR count). The topological polar surface area (TPSA) is 68.8 Å². The maximum atomic E-state index is 9.27. The fourth-order valence-electron chi connectivity index (χ4n) is 2.03. The molecule has 21 heavy (non-hydrogen) atoms. The molecule has 4 nitrogen and oxygen atoms in total. The van der Waals surface area contributed by atoms with E-state index in [0.717, 1.165) is 16.8 Å². The van der Waals surface area contributed by atoms with Crippen molar-refractivity contribution in [1.82, 2.24) is 0 Å². The van der Waals surface area contributed by atoms with E-state index in [0.29, 0.717) is 24.3 Å². The highest BCUT2D eigenvalue weighted by Gasteiger charge is 2.05. The number of methoxy groups -OCH3 is 1. The molecule has 0 saturated heterocycles. The minimum absolute atomic E-state index is 0.575. The van der Waals surface area contributed by atoms with Crippen LogP contribution >= 0.6 is 0 Å². The van der Waals surface area contributed by atoms with Crippen molar-refractivity contribution in [2.45, 2.75) is 0 Å². The second kappa shape index (κ2) is 7.09. The van der Waals surface area contributed by atoms with Gasteiger partial charge in [0.05, 0.1) is 29.5 Å². The average molecular weight is 277 g/mol. The monoisotopic (exact) mass is 277 g/mol. The van der Waals surface area contributed by atoms with E-state index in [-0.39, 0.29) is 0 Å². The molecule has 2 aromatic carbocycles. The Morgan fingerprint density at radius 1 is 1.05 bits per heavy atom. The van der Waals surface area contributed by atoms with E-state index >= 15 is 0 Å². The molecular formula is C17H15N3O. The largest absolute Gasteiger partial charge is 0.383 e. The summed E-state index contributed by atoms with van der Waals surface area (Å²) in [5.74, 6) is 0. The van der Waals surface area contributed by atoms with Crippen LogP contribution < -0.4 is 5.32 Å². The second-order valence-corrected chi connectivity index (χ2v) is 4.48. The van der Waals surface area contributed by atoms with Crippen LogP contribution in [-0.2, 0) is 4.74 Å². The molecule has 0 atom stereocenters. The molecule has 0 aliphatic heterocycles. The SMILES string of the molecule is COCCNc1ccc(-c2cccc(C#N)c2)cc1C#N. The quantitative estimate of drug-likeness (QED) is 0.852. The Bertz CT molecular complexity index is 711. The number of nitriles is 2. The van der Waals surface area contributed by atoms with Crippen molar-refractivity contribution < 1.29 is 4.74 Å². The van der Waals surface area contributed by atoms with Crippen molar-refractivity contribution in [3.63, 3.8) is 0 Å². The summed E-state index contributed by atoms with van der Waals surface area (Å²) < 4.78 is 4.98. The van der Waals surface area contributed by atoms with Gasteiger partial charge in [-0.2, -0.15) is 10.5 Å². The fraction of sp³-hybridized carbons (Fsp3) is 0.176. The van der Waals surface area contributed by atoms with Crippen LogP contribution in [0.4, 0.5) is 5.69 Å². The standard InChI is InChI=1S/C17H15N3O/c1-21-8-7-20-17-6-5-15(10-16(17)12-19)14-4-2-3-13(9-14)11-18/h2-6,9-10,20H,7-8H2,1H3. The van der Waals surface area contributed by atoms with Gasteiger partial charge in [0.25, 0.3) is 0 Å². The van der Waals surface area contributed by atoms with Gasteiger partial charge >= 0.3 is 0 Å².